The van der Waals surface area contributed by atoms with Crippen LogP contribution < -0.4 is 11.1 Å². The van der Waals surface area contributed by atoms with Gasteiger partial charge in [0.15, 0.2) is 0 Å². The van der Waals surface area contributed by atoms with Crippen LogP contribution in [-0.4, -0.2) is 16.6 Å². The van der Waals surface area contributed by atoms with Crippen molar-refractivity contribution in [3.05, 3.63) is 48.2 Å². The second-order valence-electron chi connectivity index (χ2n) is 3.95. The first-order valence-electron chi connectivity index (χ1n) is 5.82. The summed E-state index contributed by atoms with van der Waals surface area (Å²) in [6.07, 6.45) is 1.63. The van der Waals surface area contributed by atoms with Gasteiger partial charge in [-0.1, -0.05) is 6.07 Å². The molecule has 0 aliphatic rings. The van der Waals surface area contributed by atoms with Crippen molar-refractivity contribution in [2.75, 3.05) is 16.8 Å². The highest BCUT2D eigenvalue weighted by molar-refractivity contribution is 8.00. The lowest BCUT2D eigenvalue weighted by molar-refractivity contribution is -0.113. The van der Waals surface area contributed by atoms with E-state index in [1.807, 2.05) is 12.1 Å². The third kappa shape index (κ3) is 4.00. The smallest absolute Gasteiger partial charge is 0.234 e. The maximum Gasteiger partial charge on any atom is 0.234 e. The topological polar surface area (TPSA) is 91.8 Å². The number of benzene rings is 1. The van der Waals surface area contributed by atoms with Crippen molar-refractivity contribution in [2.24, 2.45) is 0 Å². The summed E-state index contributed by atoms with van der Waals surface area (Å²) in [6, 6.07) is 12.3. The van der Waals surface area contributed by atoms with Gasteiger partial charge in [-0.15, -0.1) is 11.8 Å². The number of nitrogens with one attached hydrogen (secondary N) is 1. The Morgan fingerprint density at radius 3 is 2.95 bits per heavy atom. The fraction of sp³-hybridized carbons (Fsp3) is 0.0714. The summed E-state index contributed by atoms with van der Waals surface area (Å²) in [7, 11) is 0. The van der Waals surface area contributed by atoms with E-state index in [9.17, 15) is 4.79 Å². The normalized spacial score (nSPS) is 9.75. The summed E-state index contributed by atoms with van der Waals surface area (Å²) in [5.41, 5.74) is 6.61. The van der Waals surface area contributed by atoms with E-state index in [0.717, 1.165) is 4.90 Å². The number of nitriles is 1. The average Bonchev–Trinajstić information content (AvgIpc) is 2.47. The lowest BCUT2D eigenvalue weighted by Gasteiger charge is -2.05. The highest BCUT2D eigenvalue weighted by Crippen LogP contribution is 2.18. The van der Waals surface area contributed by atoms with Crippen LogP contribution in [0.3, 0.4) is 0 Å². The molecule has 3 N–H and O–H groups in total. The molecule has 2 aromatic rings. The summed E-state index contributed by atoms with van der Waals surface area (Å²) < 4.78 is 0. The molecule has 0 radical (unpaired) electrons. The monoisotopic (exact) mass is 284 g/mol. The van der Waals surface area contributed by atoms with Crippen LogP contribution in [0.15, 0.2) is 47.5 Å². The average molecular weight is 284 g/mol. The zero-order valence-electron chi connectivity index (χ0n) is 10.5. The molecule has 1 amide bonds. The zero-order valence-corrected chi connectivity index (χ0v) is 11.4. The third-order valence-electron chi connectivity index (χ3n) is 2.40. The predicted molar refractivity (Wildman–Crippen MR) is 79.2 cm³/mol. The molecule has 1 aromatic carbocycles. The number of pyridine rings is 1. The minimum absolute atomic E-state index is 0.137. The van der Waals surface area contributed by atoms with Crippen LogP contribution >= 0.6 is 11.8 Å². The molecule has 6 heteroatoms. The summed E-state index contributed by atoms with van der Waals surface area (Å²) in [6.45, 7) is 0. The van der Waals surface area contributed by atoms with Gasteiger partial charge in [0, 0.05) is 16.8 Å². The molecular weight excluding hydrogens is 272 g/mol. The van der Waals surface area contributed by atoms with E-state index in [1.165, 1.54) is 11.8 Å². The van der Waals surface area contributed by atoms with Gasteiger partial charge in [0.1, 0.15) is 5.82 Å². The Morgan fingerprint density at radius 1 is 1.40 bits per heavy atom. The Morgan fingerprint density at radius 2 is 2.25 bits per heavy atom. The number of nitrogens with zero attached hydrogens (tertiary/aromatic N) is 2. The van der Waals surface area contributed by atoms with Crippen LogP contribution in [0.5, 0.6) is 0 Å². The van der Waals surface area contributed by atoms with Gasteiger partial charge in [-0.3, -0.25) is 4.79 Å². The zero-order chi connectivity index (χ0) is 14.4. The number of hydrogen-bond acceptors (Lipinski definition) is 5. The van der Waals surface area contributed by atoms with Gasteiger partial charge >= 0.3 is 0 Å². The van der Waals surface area contributed by atoms with Crippen LogP contribution in [0, 0.1) is 11.3 Å². The van der Waals surface area contributed by atoms with Crippen molar-refractivity contribution in [1.82, 2.24) is 4.98 Å². The van der Waals surface area contributed by atoms with Gasteiger partial charge in [0.05, 0.1) is 17.4 Å². The Balaban J connectivity index is 1.89. The van der Waals surface area contributed by atoms with Crippen molar-refractivity contribution in [3.8, 4) is 6.07 Å². The number of carbonyl (C=O) groups excluding carboxylic acids is 1. The maximum atomic E-state index is 11.8. The molecule has 2 rings (SSSR count). The van der Waals surface area contributed by atoms with Crippen LogP contribution in [-0.2, 0) is 4.79 Å². The number of carbonyl (C=O) groups is 1. The van der Waals surface area contributed by atoms with E-state index in [-0.39, 0.29) is 11.7 Å². The molecule has 5 nitrogen and oxygen atoms in total. The number of aromatic nitrogens is 1. The Bertz CT molecular complexity index is 649. The molecule has 0 fully saturated rings. The fourth-order valence-corrected chi connectivity index (χ4v) is 2.15. The minimum atomic E-state index is -0.137. The van der Waals surface area contributed by atoms with E-state index in [2.05, 4.69) is 10.3 Å². The van der Waals surface area contributed by atoms with Crippen LogP contribution in [0.1, 0.15) is 5.56 Å². The van der Waals surface area contributed by atoms with Gasteiger partial charge in [-0.2, -0.15) is 5.26 Å². The molecule has 0 atom stereocenters. The molecule has 0 unspecified atom stereocenters. The van der Waals surface area contributed by atoms with Gasteiger partial charge in [0.25, 0.3) is 0 Å². The first-order chi connectivity index (χ1) is 9.67. The van der Waals surface area contributed by atoms with E-state index < -0.39 is 0 Å². The molecule has 100 valence electrons. The quantitative estimate of drug-likeness (QED) is 0.840. The standard InChI is InChI=1S/C14H12N4OS/c15-7-10-2-1-3-11(6-10)18-14(19)9-20-12-4-5-13(16)17-8-12/h1-6,8H,9H2,(H2,16,17)(H,18,19). The minimum Gasteiger partial charge on any atom is -0.384 e. The van der Waals surface area contributed by atoms with Crippen LogP contribution in [0.2, 0.25) is 0 Å². The largest absolute Gasteiger partial charge is 0.384 e. The second kappa shape index (κ2) is 6.59. The molecule has 1 aromatic heterocycles. The molecule has 0 spiro atoms. The first-order valence-corrected chi connectivity index (χ1v) is 6.80. The summed E-state index contributed by atoms with van der Waals surface area (Å²) in [4.78, 5) is 16.6. The lowest BCUT2D eigenvalue weighted by atomic mass is 10.2. The predicted octanol–water partition coefficient (Wildman–Crippen LogP) is 2.27. The number of nitrogens with two attached hydrogens (primary N) is 1. The second-order valence-corrected chi connectivity index (χ2v) is 5.00. The molecule has 0 saturated heterocycles. The Labute approximate surface area is 120 Å². The number of anilines is 2. The molecule has 0 bridgehead atoms. The van der Waals surface area contributed by atoms with Crippen LogP contribution in [0.25, 0.3) is 0 Å². The summed E-state index contributed by atoms with van der Waals surface area (Å²) in [5.74, 6) is 0.580. The molecule has 20 heavy (non-hydrogen) atoms. The van der Waals surface area contributed by atoms with E-state index >= 15 is 0 Å². The van der Waals surface area contributed by atoms with E-state index in [4.69, 9.17) is 11.0 Å². The number of hydrogen-bond donors (Lipinski definition) is 2. The Hall–Kier alpha value is -2.52. The van der Waals surface area contributed by atoms with Gasteiger partial charge in [-0.25, -0.2) is 4.98 Å². The molecule has 0 aliphatic carbocycles. The van der Waals surface area contributed by atoms with E-state index in [0.29, 0.717) is 17.1 Å². The van der Waals surface area contributed by atoms with Crippen molar-refractivity contribution in [1.29, 1.82) is 5.26 Å². The van der Waals surface area contributed by atoms with Gasteiger partial charge < -0.3 is 11.1 Å². The van der Waals surface area contributed by atoms with Crippen molar-refractivity contribution in [2.45, 2.75) is 4.90 Å². The number of thioether (sulfide) groups is 1. The van der Waals surface area contributed by atoms with Gasteiger partial charge in [-0.05, 0) is 30.3 Å². The number of amides is 1. The first kappa shape index (κ1) is 13.9. The summed E-state index contributed by atoms with van der Waals surface area (Å²) in [5, 5.41) is 11.5. The third-order valence-corrected chi connectivity index (χ3v) is 3.39. The Kier molecular flexibility index (Phi) is 4.58. The maximum absolute atomic E-state index is 11.8. The molecule has 0 aliphatic heterocycles. The summed E-state index contributed by atoms with van der Waals surface area (Å²) >= 11 is 1.37. The van der Waals surface area contributed by atoms with E-state index in [1.54, 1.807) is 36.5 Å². The van der Waals surface area contributed by atoms with Crippen molar-refractivity contribution in [3.63, 3.8) is 0 Å². The van der Waals surface area contributed by atoms with Crippen molar-refractivity contribution >= 4 is 29.2 Å². The highest BCUT2D eigenvalue weighted by atomic mass is 32.2. The van der Waals surface area contributed by atoms with Gasteiger partial charge in [0.2, 0.25) is 5.91 Å². The number of nitrogen functional groups attached to an aromatic ring is 1. The molecule has 0 saturated carbocycles. The molecule has 1 heterocycles. The highest BCUT2D eigenvalue weighted by Gasteiger charge is 2.04. The SMILES string of the molecule is N#Cc1cccc(NC(=O)CSc2ccc(N)nc2)c1. The molecular formula is C14H12N4OS. The van der Waals surface area contributed by atoms with Crippen molar-refractivity contribution < 1.29 is 4.79 Å². The van der Waals surface area contributed by atoms with Crippen LogP contribution in [0.4, 0.5) is 11.5 Å². The fourth-order valence-electron chi connectivity index (χ4n) is 1.49. The number of rotatable bonds is 4. The lowest BCUT2D eigenvalue weighted by Crippen LogP contribution is -2.14.